The highest BCUT2D eigenvalue weighted by Gasteiger charge is 2.52. The van der Waals surface area contributed by atoms with Crippen LogP contribution in [0.1, 0.15) is 89.0 Å². The first kappa shape index (κ1) is 31.6. The van der Waals surface area contributed by atoms with E-state index in [-0.39, 0.29) is 24.2 Å². The van der Waals surface area contributed by atoms with Gasteiger partial charge in [-0.15, -0.1) is 0 Å². The summed E-state index contributed by atoms with van der Waals surface area (Å²) in [5.74, 6) is -0.172. The number of unbranched alkanes of at least 4 members (excludes halogenated alkanes) is 1. The summed E-state index contributed by atoms with van der Waals surface area (Å²) >= 11 is 0. The molecule has 0 amide bonds. The van der Waals surface area contributed by atoms with Crippen LogP contribution in [-0.2, 0) is 27.2 Å². The highest BCUT2D eigenvalue weighted by Crippen LogP contribution is 2.47. The Labute approximate surface area is 238 Å². The number of Topliss-reactive ketones (excluding diaryl/α,β-unsaturated/α-hetero) is 1. The van der Waals surface area contributed by atoms with Gasteiger partial charge in [0, 0.05) is 18.9 Å². The Hall–Kier alpha value is -2.90. The molecule has 0 saturated heterocycles. The molecule has 0 aromatic heterocycles. The van der Waals surface area contributed by atoms with Crippen molar-refractivity contribution in [1.82, 2.24) is 0 Å². The number of aliphatic hydroxyl groups is 1. The number of hydrogen-bond acceptors (Lipinski definition) is 6. The molecule has 7 nitrogen and oxygen atoms in total. The number of benzene rings is 2. The Morgan fingerprint density at radius 3 is 2.10 bits per heavy atom. The second-order valence-electron chi connectivity index (χ2n) is 10.9. The second kappa shape index (κ2) is 15.2. The molecule has 1 aliphatic carbocycles. The van der Waals surface area contributed by atoms with Gasteiger partial charge >= 0.3 is 5.97 Å². The van der Waals surface area contributed by atoms with Crippen LogP contribution in [0.5, 0.6) is 11.5 Å². The van der Waals surface area contributed by atoms with Crippen LogP contribution in [0.15, 0.2) is 42.5 Å². The lowest BCUT2D eigenvalue weighted by Gasteiger charge is -2.44. The second-order valence-corrected chi connectivity index (χ2v) is 10.9. The monoisotopic (exact) mass is 554 g/mol. The predicted octanol–water partition coefficient (Wildman–Crippen LogP) is 6.34. The van der Waals surface area contributed by atoms with E-state index in [9.17, 15) is 19.8 Å². The zero-order valence-corrected chi connectivity index (χ0v) is 24.5. The maximum atomic E-state index is 13.8. The van der Waals surface area contributed by atoms with Crippen molar-refractivity contribution in [2.75, 3.05) is 19.8 Å². The average molecular weight is 555 g/mol. The molecule has 220 valence electrons. The number of aliphatic hydroxyl groups excluding tert-OH is 1. The summed E-state index contributed by atoms with van der Waals surface area (Å²) in [4.78, 5) is 26.0. The topological polar surface area (TPSA) is 102 Å². The molecule has 2 N–H and O–H groups in total. The van der Waals surface area contributed by atoms with Crippen molar-refractivity contribution in [2.45, 2.75) is 91.3 Å². The Morgan fingerprint density at radius 2 is 1.57 bits per heavy atom. The molecule has 0 spiro atoms. The fourth-order valence-electron chi connectivity index (χ4n) is 5.80. The van der Waals surface area contributed by atoms with Gasteiger partial charge in [-0.25, -0.2) is 0 Å². The van der Waals surface area contributed by atoms with Gasteiger partial charge in [-0.05, 0) is 89.5 Å². The lowest BCUT2D eigenvalue weighted by atomic mass is 9.63. The molecule has 0 bridgehead atoms. The van der Waals surface area contributed by atoms with Crippen LogP contribution >= 0.6 is 0 Å². The maximum absolute atomic E-state index is 13.8. The molecule has 2 unspecified atom stereocenters. The Balaban J connectivity index is 1.82. The standard InChI is InChI=1S/C33H46O7/c1-5-38-27-20-33(21-27,32(36)37)22-28(35)26(16-12-11-15-24-13-9-8-10-14-24)17-25-18-29(39-6-2)31(23(4)34)30(19-25)40-7-3/h8-10,13-14,18-19,23,26-27,34H,5-7,11-12,15-17,20-22H2,1-4H3,(H,36,37). The largest absolute Gasteiger partial charge is 0.493 e. The first-order chi connectivity index (χ1) is 19.2. The molecular formula is C33H46O7. The number of ketones is 1. The molecule has 3 rings (SSSR count). The van der Waals surface area contributed by atoms with Gasteiger partial charge < -0.3 is 24.4 Å². The Kier molecular flexibility index (Phi) is 12.0. The van der Waals surface area contributed by atoms with E-state index in [1.165, 1.54) is 5.56 Å². The summed E-state index contributed by atoms with van der Waals surface area (Å²) in [6.45, 7) is 8.74. The summed E-state index contributed by atoms with van der Waals surface area (Å²) in [5.41, 5.74) is 1.69. The molecule has 2 aromatic carbocycles. The summed E-state index contributed by atoms with van der Waals surface area (Å²) < 4.78 is 17.4. The van der Waals surface area contributed by atoms with Crippen LogP contribution in [0.25, 0.3) is 0 Å². The molecule has 40 heavy (non-hydrogen) atoms. The maximum Gasteiger partial charge on any atom is 0.310 e. The van der Waals surface area contributed by atoms with E-state index in [2.05, 4.69) is 12.1 Å². The number of carboxylic acid groups (broad SMARTS) is 1. The van der Waals surface area contributed by atoms with Crippen LogP contribution < -0.4 is 9.47 Å². The van der Waals surface area contributed by atoms with Gasteiger partial charge in [0.2, 0.25) is 0 Å². The van der Waals surface area contributed by atoms with Gasteiger partial charge in [0.15, 0.2) is 0 Å². The third kappa shape index (κ3) is 8.31. The Morgan fingerprint density at radius 1 is 0.950 bits per heavy atom. The highest BCUT2D eigenvalue weighted by molar-refractivity contribution is 5.88. The van der Waals surface area contributed by atoms with Crippen LogP contribution in [0.2, 0.25) is 0 Å². The molecule has 1 fully saturated rings. The number of carboxylic acids is 1. The minimum atomic E-state index is -1.05. The smallest absolute Gasteiger partial charge is 0.310 e. The quantitative estimate of drug-likeness (QED) is 0.207. The minimum absolute atomic E-state index is 0.0116. The number of ether oxygens (including phenoxy) is 3. The van der Waals surface area contributed by atoms with E-state index in [4.69, 9.17) is 14.2 Å². The van der Waals surface area contributed by atoms with Crippen molar-refractivity contribution in [3.05, 3.63) is 59.2 Å². The van der Waals surface area contributed by atoms with Gasteiger partial charge in [0.05, 0.1) is 36.4 Å². The van der Waals surface area contributed by atoms with Crippen molar-refractivity contribution in [3.63, 3.8) is 0 Å². The van der Waals surface area contributed by atoms with Crippen molar-refractivity contribution < 1.29 is 34.0 Å². The molecule has 0 heterocycles. The van der Waals surface area contributed by atoms with E-state index in [0.717, 1.165) is 24.8 Å². The van der Waals surface area contributed by atoms with E-state index in [0.29, 0.717) is 62.6 Å². The van der Waals surface area contributed by atoms with Crippen LogP contribution in [-0.4, -0.2) is 47.9 Å². The molecule has 7 heteroatoms. The average Bonchev–Trinajstić information content (AvgIpc) is 2.89. The van der Waals surface area contributed by atoms with E-state index in [1.54, 1.807) is 6.92 Å². The molecule has 2 aromatic rings. The summed E-state index contributed by atoms with van der Waals surface area (Å²) in [5, 5.41) is 20.5. The summed E-state index contributed by atoms with van der Waals surface area (Å²) in [6, 6.07) is 14.1. The molecule has 1 aliphatic rings. The number of aliphatic carboxylic acids is 1. The van der Waals surface area contributed by atoms with Crippen LogP contribution in [0.3, 0.4) is 0 Å². The zero-order chi connectivity index (χ0) is 29.1. The number of rotatable bonds is 18. The molecular weight excluding hydrogens is 508 g/mol. The van der Waals surface area contributed by atoms with Crippen molar-refractivity contribution in [3.8, 4) is 11.5 Å². The molecule has 0 radical (unpaired) electrons. The van der Waals surface area contributed by atoms with E-state index in [1.807, 2.05) is 51.1 Å². The third-order valence-corrected chi connectivity index (χ3v) is 7.84. The van der Waals surface area contributed by atoms with Gasteiger partial charge in [-0.3, -0.25) is 9.59 Å². The van der Waals surface area contributed by atoms with Crippen LogP contribution in [0, 0.1) is 11.3 Å². The lowest BCUT2D eigenvalue weighted by molar-refractivity contribution is -0.170. The third-order valence-electron chi connectivity index (χ3n) is 7.84. The normalized spacial score (nSPS) is 19.9. The number of carbonyl (C=O) groups excluding carboxylic acids is 1. The number of carbonyl (C=O) groups is 2. The minimum Gasteiger partial charge on any atom is -0.493 e. The Bertz CT molecular complexity index is 1060. The van der Waals surface area contributed by atoms with Crippen molar-refractivity contribution >= 4 is 11.8 Å². The van der Waals surface area contributed by atoms with Gasteiger partial charge in [0.25, 0.3) is 0 Å². The molecule has 2 atom stereocenters. The SMILES string of the molecule is CCOc1cc(CC(CCCCc2ccccc2)C(=O)CC2(C(=O)O)CC(OCC)C2)cc(OCC)c1C(C)O. The zero-order valence-electron chi connectivity index (χ0n) is 24.5. The first-order valence-electron chi connectivity index (χ1n) is 14.7. The van der Waals surface area contributed by atoms with Gasteiger partial charge in [-0.2, -0.15) is 0 Å². The van der Waals surface area contributed by atoms with E-state index < -0.39 is 17.5 Å². The summed E-state index contributed by atoms with van der Waals surface area (Å²) in [7, 11) is 0. The van der Waals surface area contributed by atoms with E-state index >= 15 is 0 Å². The molecule has 1 saturated carbocycles. The number of aryl methyl sites for hydroxylation is 1. The summed E-state index contributed by atoms with van der Waals surface area (Å²) in [6.07, 6.45) is 3.73. The fourth-order valence-corrected chi connectivity index (χ4v) is 5.80. The van der Waals surface area contributed by atoms with Crippen LogP contribution in [0.4, 0.5) is 0 Å². The number of hydrogen-bond donors (Lipinski definition) is 2. The van der Waals surface area contributed by atoms with Gasteiger partial charge in [-0.1, -0.05) is 36.8 Å². The fraction of sp³-hybridized carbons (Fsp3) is 0.576. The first-order valence-corrected chi connectivity index (χ1v) is 14.7. The lowest BCUT2D eigenvalue weighted by Crippen LogP contribution is -2.50. The van der Waals surface area contributed by atoms with Gasteiger partial charge in [0.1, 0.15) is 17.3 Å². The predicted molar refractivity (Wildman–Crippen MR) is 155 cm³/mol. The van der Waals surface area contributed by atoms with Crippen molar-refractivity contribution in [2.24, 2.45) is 11.3 Å². The highest BCUT2D eigenvalue weighted by atomic mass is 16.5. The van der Waals surface area contributed by atoms with Crippen molar-refractivity contribution in [1.29, 1.82) is 0 Å². The molecule has 0 aliphatic heterocycles.